The van der Waals surface area contributed by atoms with Crippen LogP contribution in [0.1, 0.15) is 55.9 Å². The molecular formula is C20H31KSi. The Morgan fingerprint density at radius 1 is 1.05 bits per heavy atom. The Bertz CT molecular complexity index is 558. The largest absolute Gasteiger partial charge is 1.00 e. The van der Waals surface area contributed by atoms with Crippen molar-refractivity contribution >= 4 is 14.7 Å². The second-order valence-electron chi connectivity index (χ2n) is 8.25. The van der Waals surface area contributed by atoms with Gasteiger partial charge in [0.1, 0.15) is 0 Å². The fourth-order valence-electron chi connectivity index (χ4n) is 4.00. The molecule has 2 rings (SSSR count). The SMILES string of the molecule is Cc1c(C)c(C)[c-]([SiH2]C2(CC(C)(C)C)C=CC=CC2)c1C.[K+]. The summed E-state index contributed by atoms with van der Waals surface area (Å²) in [5.74, 6) is 0. The molecule has 0 bridgehead atoms. The molecule has 1 aliphatic rings. The van der Waals surface area contributed by atoms with Crippen LogP contribution in [0, 0.1) is 33.1 Å². The number of rotatable bonds is 3. The van der Waals surface area contributed by atoms with Gasteiger partial charge in [0.2, 0.25) is 0 Å². The van der Waals surface area contributed by atoms with E-state index in [2.05, 4.69) is 72.8 Å². The molecule has 0 heterocycles. The first-order chi connectivity index (χ1) is 9.65. The average molecular weight is 339 g/mol. The molecule has 0 fully saturated rings. The monoisotopic (exact) mass is 338 g/mol. The molecule has 0 spiro atoms. The standard InChI is InChI=1S/C20H31Si.K/c1-14-15(2)17(4)18(16(14)3)21-20(13-19(5,6)7)11-9-8-10-12-20;/h8-11H,12-13,21H2,1-7H3;/q-1;+1. The van der Waals surface area contributed by atoms with Gasteiger partial charge in [-0.25, -0.2) is 0 Å². The van der Waals surface area contributed by atoms with Crippen molar-refractivity contribution in [3.05, 3.63) is 46.6 Å². The molecule has 0 aliphatic heterocycles. The van der Waals surface area contributed by atoms with Gasteiger partial charge in [-0.15, -0.1) is 0 Å². The van der Waals surface area contributed by atoms with Crippen molar-refractivity contribution in [2.75, 3.05) is 0 Å². The normalized spacial score (nSPS) is 21.6. The third kappa shape index (κ3) is 4.61. The number of hydrogen-bond acceptors (Lipinski definition) is 0. The predicted molar refractivity (Wildman–Crippen MR) is 98.8 cm³/mol. The van der Waals surface area contributed by atoms with E-state index in [-0.39, 0.29) is 60.9 Å². The van der Waals surface area contributed by atoms with Gasteiger partial charge in [0.15, 0.2) is 0 Å². The van der Waals surface area contributed by atoms with E-state index < -0.39 is 0 Å². The Kier molecular flexibility index (Phi) is 7.27. The van der Waals surface area contributed by atoms with Crippen molar-refractivity contribution < 1.29 is 51.4 Å². The van der Waals surface area contributed by atoms with Crippen molar-refractivity contribution in [1.82, 2.24) is 0 Å². The second kappa shape index (κ2) is 7.71. The van der Waals surface area contributed by atoms with Crippen LogP contribution in [-0.4, -0.2) is 9.52 Å². The van der Waals surface area contributed by atoms with E-state index in [9.17, 15) is 0 Å². The van der Waals surface area contributed by atoms with E-state index in [0.29, 0.717) is 10.5 Å². The fourth-order valence-corrected chi connectivity index (χ4v) is 7.21. The Balaban J connectivity index is 0.00000242. The molecule has 116 valence electrons. The van der Waals surface area contributed by atoms with Crippen molar-refractivity contribution in [3.8, 4) is 0 Å². The Hall–Kier alpha value is 0.683. The van der Waals surface area contributed by atoms with Gasteiger partial charge in [-0.1, -0.05) is 72.8 Å². The van der Waals surface area contributed by atoms with Crippen molar-refractivity contribution in [1.29, 1.82) is 0 Å². The molecule has 1 aromatic rings. The maximum absolute atomic E-state index is 2.53. The third-order valence-electron chi connectivity index (χ3n) is 5.23. The van der Waals surface area contributed by atoms with Gasteiger partial charge in [-0.2, -0.15) is 27.4 Å². The minimum atomic E-state index is -0.340. The molecule has 0 saturated heterocycles. The molecule has 2 heteroatoms. The van der Waals surface area contributed by atoms with Gasteiger partial charge in [0, 0.05) is 9.52 Å². The van der Waals surface area contributed by atoms with Gasteiger partial charge < -0.3 is 0 Å². The fraction of sp³-hybridized carbons (Fsp3) is 0.550. The van der Waals surface area contributed by atoms with Gasteiger partial charge >= 0.3 is 51.4 Å². The van der Waals surface area contributed by atoms with Crippen LogP contribution in [0.2, 0.25) is 5.04 Å². The van der Waals surface area contributed by atoms with Crippen LogP contribution >= 0.6 is 0 Å². The van der Waals surface area contributed by atoms with Gasteiger partial charge in [0.05, 0.1) is 0 Å². The molecule has 1 aromatic carbocycles. The molecule has 0 radical (unpaired) electrons. The first-order valence-corrected chi connectivity index (χ1v) is 9.63. The maximum atomic E-state index is 2.53. The van der Waals surface area contributed by atoms with Crippen molar-refractivity contribution in [3.63, 3.8) is 0 Å². The third-order valence-corrected chi connectivity index (χ3v) is 8.12. The van der Waals surface area contributed by atoms with Gasteiger partial charge in [-0.3, -0.25) is 0 Å². The summed E-state index contributed by atoms with van der Waals surface area (Å²) in [5, 5.41) is 2.16. The summed E-state index contributed by atoms with van der Waals surface area (Å²) in [7, 11) is -0.340. The molecule has 1 unspecified atom stereocenters. The van der Waals surface area contributed by atoms with Crippen molar-refractivity contribution in [2.45, 2.75) is 66.3 Å². The summed E-state index contributed by atoms with van der Waals surface area (Å²) in [5.41, 5.74) is 6.59. The summed E-state index contributed by atoms with van der Waals surface area (Å²) >= 11 is 0. The molecule has 0 N–H and O–H groups in total. The summed E-state index contributed by atoms with van der Waals surface area (Å²) in [6.45, 7) is 16.4. The molecular weight excluding hydrogens is 307 g/mol. The Morgan fingerprint density at radius 3 is 2.00 bits per heavy atom. The first-order valence-electron chi connectivity index (χ1n) is 8.21. The number of hydrogen-bond donors (Lipinski definition) is 0. The summed E-state index contributed by atoms with van der Waals surface area (Å²) in [4.78, 5) is 0. The number of allylic oxidation sites excluding steroid dienone is 4. The van der Waals surface area contributed by atoms with E-state index >= 15 is 0 Å². The predicted octanol–water partition coefficient (Wildman–Crippen LogP) is 1.55. The minimum absolute atomic E-state index is 0. The topological polar surface area (TPSA) is 0 Å². The molecule has 0 saturated carbocycles. The Labute approximate surface area is 182 Å². The summed E-state index contributed by atoms with van der Waals surface area (Å²) in [6, 6.07) is 0. The minimum Gasteiger partial charge on any atom is -0.196 e. The second-order valence-corrected chi connectivity index (χ2v) is 10.7. The molecule has 0 aromatic heterocycles. The summed E-state index contributed by atoms with van der Waals surface area (Å²) in [6.07, 6.45) is 11.9. The van der Waals surface area contributed by atoms with Crippen LogP contribution in [0.3, 0.4) is 0 Å². The molecule has 0 amide bonds. The average Bonchev–Trinajstić information content (AvgIpc) is 2.56. The van der Waals surface area contributed by atoms with Gasteiger partial charge in [-0.05, 0) is 23.3 Å². The van der Waals surface area contributed by atoms with Crippen LogP contribution in [0.15, 0.2) is 24.3 Å². The van der Waals surface area contributed by atoms with E-state index in [1.165, 1.54) is 24.0 Å². The zero-order valence-corrected chi connectivity index (χ0v) is 20.5. The molecule has 1 atom stereocenters. The first kappa shape index (κ1) is 20.7. The summed E-state index contributed by atoms with van der Waals surface area (Å²) < 4.78 is 0. The Morgan fingerprint density at radius 2 is 1.59 bits per heavy atom. The molecule has 0 nitrogen and oxygen atoms in total. The van der Waals surface area contributed by atoms with Crippen LogP contribution in [-0.2, 0) is 0 Å². The van der Waals surface area contributed by atoms with Crippen molar-refractivity contribution in [2.24, 2.45) is 5.41 Å². The van der Waals surface area contributed by atoms with E-state index in [1.54, 1.807) is 16.3 Å². The molecule has 22 heavy (non-hydrogen) atoms. The zero-order chi connectivity index (χ0) is 15.8. The molecule has 1 aliphatic carbocycles. The maximum Gasteiger partial charge on any atom is 1.00 e. The van der Waals surface area contributed by atoms with E-state index in [0.717, 1.165) is 0 Å². The van der Waals surface area contributed by atoms with Crippen LogP contribution in [0.25, 0.3) is 0 Å². The quantitative estimate of drug-likeness (QED) is 0.579. The van der Waals surface area contributed by atoms with Crippen LogP contribution in [0.4, 0.5) is 0 Å². The zero-order valence-electron chi connectivity index (χ0n) is 15.9. The van der Waals surface area contributed by atoms with E-state index in [1.807, 2.05) is 0 Å². The van der Waals surface area contributed by atoms with Crippen LogP contribution < -0.4 is 56.6 Å². The van der Waals surface area contributed by atoms with Gasteiger partial charge in [0.25, 0.3) is 0 Å². The van der Waals surface area contributed by atoms with E-state index in [4.69, 9.17) is 0 Å². The van der Waals surface area contributed by atoms with Crippen LogP contribution in [0.5, 0.6) is 0 Å². The smallest absolute Gasteiger partial charge is 0.196 e.